The average molecular weight is 428 g/mol. The van der Waals surface area contributed by atoms with Gasteiger partial charge in [-0.1, -0.05) is 5.92 Å². The molecule has 0 saturated heterocycles. The SMILES string of the molecule is CC#CC1C(=O)N(C)c2cnc(-n3ccnc3-c3ccc(F)cc3)nc2N1c1cn[nH]c1. The first-order chi connectivity index (χ1) is 15.6. The Hall–Kier alpha value is -4.52. The van der Waals surface area contributed by atoms with Crippen LogP contribution in [0.15, 0.2) is 55.2 Å². The summed E-state index contributed by atoms with van der Waals surface area (Å²) >= 11 is 0. The maximum Gasteiger partial charge on any atom is 0.262 e. The van der Waals surface area contributed by atoms with Crippen LogP contribution in [0, 0.1) is 17.7 Å². The largest absolute Gasteiger partial charge is 0.308 e. The number of aromatic amines is 1. The summed E-state index contributed by atoms with van der Waals surface area (Å²) in [5.41, 5.74) is 1.90. The fourth-order valence-corrected chi connectivity index (χ4v) is 3.61. The van der Waals surface area contributed by atoms with Gasteiger partial charge in [0.15, 0.2) is 11.9 Å². The van der Waals surface area contributed by atoms with Gasteiger partial charge in [-0.3, -0.25) is 19.4 Å². The minimum Gasteiger partial charge on any atom is -0.308 e. The molecule has 0 bridgehead atoms. The van der Waals surface area contributed by atoms with Crippen LogP contribution in [0.1, 0.15) is 6.92 Å². The molecule has 1 aliphatic rings. The number of benzene rings is 1. The third-order valence-electron chi connectivity index (χ3n) is 5.15. The number of nitrogens with one attached hydrogen (secondary N) is 1. The average Bonchev–Trinajstić information content (AvgIpc) is 3.50. The first-order valence-electron chi connectivity index (χ1n) is 9.73. The molecule has 1 N–H and O–H groups in total. The Balaban J connectivity index is 1.67. The van der Waals surface area contributed by atoms with E-state index >= 15 is 0 Å². The summed E-state index contributed by atoms with van der Waals surface area (Å²) in [6.45, 7) is 1.68. The van der Waals surface area contributed by atoms with Gasteiger partial charge in [0.25, 0.3) is 5.91 Å². The lowest BCUT2D eigenvalue weighted by atomic mass is 10.1. The van der Waals surface area contributed by atoms with Gasteiger partial charge in [-0.2, -0.15) is 10.1 Å². The fraction of sp³-hybridized carbons (Fsp3) is 0.136. The molecular formula is C22H17FN8O. The molecule has 1 unspecified atom stereocenters. The number of H-pyrrole nitrogens is 1. The van der Waals surface area contributed by atoms with E-state index in [-0.39, 0.29) is 11.7 Å². The maximum absolute atomic E-state index is 13.4. The highest BCUT2D eigenvalue weighted by Crippen LogP contribution is 2.38. The number of rotatable bonds is 3. The molecule has 0 fully saturated rings. The van der Waals surface area contributed by atoms with Crippen LogP contribution in [0.4, 0.5) is 21.6 Å². The van der Waals surface area contributed by atoms with E-state index in [1.165, 1.54) is 17.0 Å². The van der Waals surface area contributed by atoms with Gasteiger partial charge < -0.3 is 4.90 Å². The summed E-state index contributed by atoms with van der Waals surface area (Å²) in [6, 6.07) is 5.26. The van der Waals surface area contributed by atoms with Crippen molar-refractivity contribution in [1.82, 2.24) is 29.7 Å². The third-order valence-corrected chi connectivity index (χ3v) is 5.15. The molecule has 0 spiro atoms. The lowest BCUT2D eigenvalue weighted by molar-refractivity contribution is -0.118. The highest BCUT2D eigenvalue weighted by molar-refractivity contribution is 6.07. The van der Waals surface area contributed by atoms with E-state index in [9.17, 15) is 9.18 Å². The topological polar surface area (TPSA) is 95.8 Å². The van der Waals surface area contributed by atoms with Crippen molar-refractivity contribution in [1.29, 1.82) is 0 Å². The van der Waals surface area contributed by atoms with E-state index in [1.54, 1.807) is 66.6 Å². The zero-order chi connectivity index (χ0) is 22.2. The number of carbonyl (C=O) groups excluding carboxylic acids is 1. The van der Waals surface area contributed by atoms with Crippen LogP contribution < -0.4 is 9.80 Å². The molecule has 0 radical (unpaired) electrons. The Bertz CT molecular complexity index is 1350. The number of likely N-dealkylation sites (N-methyl/N-ethyl adjacent to an activating group) is 1. The minimum atomic E-state index is -0.766. The molecule has 1 atom stereocenters. The highest BCUT2D eigenvalue weighted by atomic mass is 19.1. The summed E-state index contributed by atoms with van der Waals surface area (Å²) in [6.07, 6.45) is 8.22. The zero-order valence-electron chi connectivity index (χ0n) is 17.2. The van der Waals surface area contributed by atoms with Gasteiger partial charge in [-0.25, -0.2) is 14.4 Å². The molecule has 10 heteroatoms. The van der Waals surface area contributed by atoms with E-state index in [1.807, 2.05) is 0 Å². The van der Waals surface area contributed by atoms with Gasteiger partial charge >= 0.3 is 0 Å². The second-order valence-electron chi connectivity index (χ2n) is 7.03. The molecular weight excluding hydrogens is 411 g/mol. The molecule has 1 amide bonds. The van der Waals surface area contributed by atoms with Crippen molar-refractivity contribution < 1.29 is 9.18 Å². The second-order valence-corrected chi connectivity index (χ2v) is 7.03. The molecule has 158 valence electrons. The zero-order valence-corrected chi connectivity index (χ0v) is 17.2. The number of nitrogens with zero attached hydrogens (tertiary/aromatic N) is 7. The van der Waals surface area contributed by atoms with Crippen molar-refractivity contribution in [2.45, 2.75) is 13.0 Å². The van der Waals surface area contributed by atoms with Crippen LogP contribution in [0.25, 0.3) is 17.3 Å². The van der Waals surface area contributed by atoms with E-state index < -0.39 is 6.04 Å². The molecule has 9 nitrogen and oxygen atoms in total. The van der Waals surface area contributed by atoms with E-state index in [0.29, 0.717) is 34.5 Å². The third kappa shape index (κ3) is 3.07. The van der Waals surface area contributed by atoms with E-state index in [0.717, 1.165) is 0 Å². The summed E-state index contributed by atoms with van der Waals surface area (Å²) in [4.78, 5) is 29.9. The number of hydrogen-bond acceptors (Lipinski definition) is 6. The van der Waals surface area contributed by atoms with Gasteiger partial charge in [-0.05, 0) is 31.2 Å². The number of carbonyl (C=O) groups is 1. The van der Waals surface area contributed by atoms with Crippen molar-refractivity contribution in [3.05, 3.63) is 61.1 Å². The predicted molar refractivity (Wildman–Crippen MR) is 116 cm³/mol. The van der Waals surface area contributed by atoms with E-state index in [2.05, 4.69) is 32.0 Å². The van der Waals surface area contributed by atoms with Crippen LogP contribution in [0.5, 0.6) is 0 Å². The van der Waals surface area contributed by atoms with Gasteiger partial charge in [0.2, 0.25) is 5.95 Å². The van der Waals surface area contributed by atoms with Crippen molar-refractivity contribution >= 4 is 23.1 Å². The Morgan fingerprint density at radius 1 is 1.16 bits per heavy atom. The van der Waals surface area contributed by atoms with Gasteiger partial charge in [0, 0.05) is 31.2 Å². The number of imidazole rings is 1. The number of anilines is 3. The first kappa shape index (κ1) is 19.4. The molecule has 5 rings (SSSR count). The number of fused-ring (bicyclic) bond motifs is 1. The van der Waals surface area contributed by atoms with Crippen LogP contribution in [0.2, 0.25) is 0 Å². The Kier molecular flexibility index (Phi) is 4.63. The van der Waals surface area contributed by atoms with Gasteiger partial charge in [0.05, 0.1) is 18.1 Å². The minimum absolute atomic E-state index is 0.195. The molecule has 32 heavy (non-hydrogen) atoms. The summed E-state index contributed by atoms with van der Waals surface area (Å²) in [7, 11) is 1.67. The quantitative estimate of drug-likeness (QED) is 0.504. The van der Waals surface area contributed by atoms with Crippen LogP contribution >= 0.6 is 0 Å². The molecule has 4 heterocycles. The monoisotopic (exact) mass is 428 g/mol. The van der Waals surface area contributed by atoms with Crippen molar-refractivity contribution in [3.63, 3.8) is 0 Å². The summed E-state index contributed by atoms with van der Waals surface area (Å²) in [5, 5.41) is 6.78. The molecule has 1 aromatic carbocycles. The van der Waals surface area contributed by atoms with E-state index in [4.69, 9.17) is 4.98 Å². The molecule has 0 aliphatic carbocycles. The number of hydrogen-bond donors (Lipinski definition) is 1. The van der Waals surface area contributed by atoms with Crippen LogP contribution in [-0.2, 0) is 4.79 Å². The molecule has 1 aliphatic heterocycles. The molecule has 0 saturated carbocycles. The smallest absolute Gasteiger partial charge is 0.262 e. The number of aromatic nitrogens is 6. The first-order valence-corrected chi connectivity index (χ1v) is 9.73. The Morgan fingerprint density at radius 2 is 1.97 bits per heavy atom. The lowest BCUT2D eigenvalue weighted by Gasteiger charge is -2.37. The van der Waals surface area contributed by atoms with Crippen molar-refractivity contribution in [2.24, 2.45) is 0 Å². The Labute approximate surface area is 182 Å². The van der Waals surface area contributed by atoms with Gasteiger partial charge in [0.1, 0.15) is 17.3 Å². The second kappa shape index (κ2) is 7.63. The molecule has 4 aromatic rings. The van der Waals surface area contributed by atoms with Crippen molar-refractivity contribution in [3.8, 4) is 29.2 Å². The normalized spacial score (nSPS) is 15.3. The number of halogens is 1. The summed E-state index contributed by atoms with van der Waals surface area (Å²) < 4.78 is 15.1. The highest BCUT2D eigenvalue weighted by Gasteiger charge is 2.38. The summed E-state index contributed by atoms with van der Waals surface area (Å²) in [5.74, 6) is 6.68. The van der Waals surface area contributed by atoms with Gasteiger partial charge in [-0.15, -0.1) is 5.92 Å². The lowest BCUT2D eigenvalue weighted by Crippen LogP contribution is -2.50. The molecule has 3 aromatic heterocycles. The van der Waals surface area contributed by atoms with Crippen molar-refractivity contribution in [2.75, 3.05) is 16.8 Å². The fourth-order valence-electron chi connectivity index (χ4n) is 3.61. The predicted octanol–water partition coefficient (Wildman–Crippen LogP) is 2.70. The standard InChI is InChI=1S/C22H17FN8O/c1-3-4-17-21(32)29(2)18-13-25-22(28-20(18)31(17)16-11-26-27-12-16)30-10-9-24-19(30)14-5-7-15(23)8-6-14/h5-13,17H,1-2H3,(H,26,27). The maximum atomic E-state index is 13.4. The van der Waals surface area contributed by atoms with Crippen LogP contribution in [0.3, 0.4) is 0 Å². The van der Waals surface area contributed by atoms with Crippen LogP contribution in [-0.4, -0.2) is 48.7 Å². The number of amides is 1. The Morgan fingerprint density at radius 3 is 2.69 bits per heavy atom.